The molecule has 140 valence electrons. The lowest BCUT2D eigenvalue weighted by molar-refractivity contribution is 0.464. The third-order valence-electron chi connectivity index (χ3n) is 4.48. The second kappa shape index (κ2) is 17.1. The van der Waals surface area contributed by atoms with E-state index in [0.29, 0.717) is 0 Å². The van der Waals surface area contributed by atoms with Crippen LogP contribution in [0, 0.1) is 0 Å². The summed E-state index contributed by atoms with van der Waals surface area (Å²) in [6, 6.07) is 0. The number of hydrogen-bond acceptors (Lipinski definition) is 2. The summed E-state index contributed by atoms with van der Waals surface area (Å²) >= 11 is 0. The van der Waals surface area contributed by atoms with Crippen molar-refractivity contribution in [3.63, 3.8) is 0 Å². The molecule has 0 saturated carbocycles. The molecule has 2 nitrogen and oxygen atoms in total. The molecule has 0 unspecified atom stereocenters. The smallest absolute Gasteiger partial charge is 0.0219 e. The third-order valence-corrected chi connectivity index (χ3v) is 4.48. The summed E-state index contributed by atoms with van der Waals surface area (Å²) in [5, 5.41) is 0. The van der Waals surface area contributed by atoms with Crippen LogP contribution in [0.3, 0.4) is 0 Å². The van der Waals surface area contributed by atoms with Gasteiger partial charge < -0.3 is 10.6 Å². The Balaban J connectivity index is 0.00000529. The molecule has 1 rings (SSSR count). The highest BCUT2D eigenvalue weighted by atomic mass is 35.5. The quantitative estimate of drug-likeness (QED) is 0.369. The highest BCUT2D eigenvalue weighted by Gasteiger charge is 2.00. The predicted octanol–water partition coefficient (Wildman–Crippen LogP) is 6.34. The number of allylic oxidation sites excluding steroid dienone is 4. The minimum atomic E-state index is 0. The maximum absolute atomic E-state index is 5.51. The lowest BCUT2D eigenvalue weighted by Gasteiger charge is -2.18. The normalized spacial score (nSPS) is 13.2. The van der Waals surface area contributed by atoms with Crippen molar-refractivity contribution < 1.29 is 0 Å². The van der Waals surface area contributed by atoms with Crippen LogP contribution >= 0.6 is 12.4 Å². The summed E-state index contributed by atoms with van der Waals surface area (Å²) in [6.45, 7) is 4.28. The van der Waals surface area contributed by atoms with Gasteiger partial charge in [0, 0.05) is 18.9 Å². The number of unbranched alkanes of at least 4 members (excludes halogenated alkanes) is 10. The van der Waals surface area contributed by atoms with E-state index in [9.17, 15) is 0 Å². The lowest BCUT2D eigenvalue weighted by Crippen LogP contribution is -2.13. The van der Waals surface area contributed by atoms with Crippen LogP contribution in [0.15, 0.2) is 36.2 Å². The molecule has 1 aliphatic rings. The van der Waals surface area contributed by atoms with Crippen LogP contribution in [-0.2, 0) is 0 Å². The summed E-state index contributed by atoms with van der Waals surface area (Å²) in [4.78, 5) is 2.32. The molecule has 0 spiro atoms. The molecule has 0 saturated heterocycles. The zero-order valence-electron chi connectivity index (χ0n) is 15.7. The van der Waals surface area contributed by atoms with E-state index in [0.717, 1.165) is 13.1 Å². The second-order valence-corrected chi connectivity index (χ2v) is 6.69. The number of halogens is 1. The van der Waals surface area contributed by atoms with E-state index in [4.69, 9.17) is 5.73 Å². The van der Waals surface area contributed by atoms with Gasteiger partial charge in [-0.2, -0.15) is 0 Å². The topological polar surface area (TPSA) is 29.3 Å². The van der Waals surface area contributed by atoms with Crippen LogP contribution in [-0.4, -0.2) is 18.0 Å². The lowest BCUT2D eigenvalue weighted by atomic mass is 10.1. The van der Waals surface area contributed by atoms with Gasteiger partial charge in [0.05, 0.1) is 0 Å². The van der Waals surface area contributed by atoms with Gasteiger partial charge in [-0.1, -0.05) is 64.4 Å². The minimum Gasteiger partial charge on any atom is -0.354 e. The molecule has 0 aliphatic carbocycles. The van der Waals surface area contributed by atoms with Crippen LogP contribution in [0.4, 0.5) is 0 Å². The number of rotatable bonds is 14. The van der Waals surface area contributed by atoms with Crippen molar-refractivity contribution in [2.75, 3.05) is 13.1 Å². The Morgan fingerprint density at radius 1 is 0.833 bits per heavy atom. The van der Waals surface area contributed by atoms with E-state index < -0.39 is 0 Å². The predicted molar refractivity (Wildman–Crippen MR) is 110 cm³/mol. The zero-order chi connectivity index (χ0) is 16.6. The average molecular weight is 355 g/mol. The molecule has 0 atom stereocenters. The summed E-state index contributed by atoms with van der Waals surface area (Å²) in [6.07, 6.45) is 27.2. The van der Waals surface area contributed by atoms with E-state index in [2.05, 4.69) is 42.5 Å². The summed E-state index contributed by atoms with van der Waals surface area (Å²) < 4.78 is 0. The zero-order valence-corrected chi connectivity index (χ0v) is 16.5. The monoisotopic (exact) mass is 354 g/mol. The molecule has 0 aromatic carbocycles. The Morgan fingerprint density at radius 3 is 2.08 bits per heavy atom. The van der Waals surface area contributed by atoms with Gasteiger partial charge >= 0.3 is 0 Å². The van der Waals surface area contributed by atoms with Crippen molar-refractivity contribution >= 4 is 12.4 Å². The van der Waals surface area contributed by atoms with Gasteiger partial charge in [0.15, 0.2) is 0 Å². The van der Waals surface area contributed by atoms with E-state index in [1.807, 2.05) is 0 Å². The van der Waals surface area contributed by atoms with Crippen LogP contribution in [0.25, 0.3) is 0 Å². The first-order valence-corrected chi connectivity index (χ1v) is 9.89. The van der Waals surface area contributed by atoms with Crippen molar-refractivity contribution in [3.8, 4) is 0 Å². The molecule has 3 heteroatoms. The molecular weight excluding hydrogens is 316 g/mol. The Bertz CT molecular complexity index is 345. The van der Waals surface area contributed by atoms with Crippen molar-refractivity contribution in [1.29, 1.82) is 0 Å². The fourth-order valence-electron chi connectivity index (χ4n) is 2.92. The first-order chi connectivity index (χ1) is 11.4. The fraction of sp³-hybridized carbons (Fsp3) is 0.714. The van der Waals surface area contributed by atoms with Gasteiger partial charge in [-0.3, -0.25) is 0 Å². The molecule has 0 amide bonds. The molecule has 1 aliphatic heterocycles. The summed E-state index contributed by atoms with van der Waals surface area (Å²) in [5.41, 5.74) is 6.87. The van der Waals surface area contributed by atoms with Gasteiger partial charge in [-0.05, 0) is 50.0 Å². The number of hydrogen-bond donors (Lipinski definition) is 1. The first-order valence-electron chi connectivity index (χ1n) is 9.89. The van der Waals surface area contributed by atoms with Gasteiger partial charge in [0.25, 0.3) is 0 Å². The van der Waals surface area contributed by atoms with Crippen LogP contribution in [0.5, 0.6) is 0 Å². The minimum absolute atomic E-state index is 0. The van der Waals surface area contributed by atoms with Crippen LogP contribution in [0.2, 0.25) is 0 Å². The van der Waals surface area contributed by atoms with Crippen LogP contribution < -0.4 is 5.73 Å². The van der Waals surface area contributed by atoms with E-state index in [-0.39, 0.29) is 12.4 Å². The van der Waals surface area contributed by atoms with E-state index >= 15 is 0 Å². The van der Waals surface area contributed by atoms with E-state index in [1.165, 1.54) is 82.6 Å². The average Bonchev–Trinajstić information content (AvgIpc) is 2.58. The molecular formula is C21H39ClN2. The van der Waals surface area contributed by atoms with Gasteiger partial charge in [-0.25, -0.2) is 0 Å². The molecule has 24 heavy (non-hydrogen) atoms. The van der Waals surface area contributed by atoms with Gasteiger partial charge in [-0.15, -0.1) is 12.4 Å². The molecule has 0 radical (unpaired) electrons. The van der Waals surface area contributed by atoms with Crippen molar-refractivity contribution in [2.24, 2.45) is 5.73 Å². The highest BCUT2D eigenvalue weighted by Crippen LogP contribution is 2.14. The molecule has 1 heterocycles. The Morgan fingerprint density at radius 2 is 1.42 bits per heavy atom. The molecule has 0 aromatic rings. The van der Waals surface area contributed by atoms with Crippen molar-refractivity contribution in [1.82, 2.24) is 4.90 Å². The molecule has 2 N–H and O–H groups in total. The largest absolute Gasteiger partial charge is 0.354 e. The summed E-state index contributed by atoms with van der Waals surface area (Å²) in [5.74, 6) is 0. The Labute approximate surface area is 156 Å². The van der Waals surface area contributed by atoms with Gasteiger partial charge in [0.1, 0.15) is 0 Å². The number of nitrogens with zero attached hydrogens (tertiary/aromatic N) is 1. The third kappa shape index (κ3) is 12.7. The molecule has 0 fully saturated rings. The maximum Gasteiger partial charge on any atom is 0.0219 e. The fourth-order valence-corrected chi connectivity index (χ4v) is 2.92. The van der Waals surface area contributed by atoms with Crippen LogP contribution in [0.1, 0.15) is 84.0 Å². The second-order valence-electron chi connectivity index (χ2n) is 6.69. The van der Waals surface area contributed by atoms with Crippen molar-refractivity contribution in [2.45, 2.75) is 84.0 Å². The SMILES string of the molecule is CCCCCCCCN1C=CC(=CCCCCCCCN)C=C1.Cl. The number of nitrogens with two attached hydrogens (primary N) is 1. The summed E-state index contributed by atoms with van der Waals surface area (Å²) in [7, 11) is 0. The standard InChI is InChI=1S/C21H38N2.ClH/c1-2-3-4-5-10-13-18-23-19-15-21(16-20-23)14-11-8-6-7-9-12-17-22;/h14-16,19-20H,2-13,17-18,22H2,1H3;1H. The Hall–Kier alpha value is -0.730. The Kier molecular flexibility index (Phi) is 16.6. The maximum atomic E-state index is 5.51. The van der Waals surface area contributed by atoms with Crippen molar-refractivity contribution in [3.05, 3.63) is 36.2 Å². The molecule has 0 aromatic heterocycles. The van der Waals surface area contributed by atoms with E-state index in [1.54, 1.807) is 0 Å². The first kappa shape index (κ1) is 23.3. The highest BCUT2D eigenvalue weighted by molar-refractivity contribution is 5.85. The van der Waals surface area contributed by atoms with Gasteiger partial charge in [0.2, 0.25) is 0 Å². The molecule has 0 bridgehead atoms.